The fourth-order valence-corrected chi connectivity index (χ4v) is 3.96. The molecule has 2 aromatic rings. The van der Waals surface area contributed by atoms with Crippen molar-refractivity contribution in [2.45, 2.75) is 17.3 Å². The molecule has 3 N–H and O–H groups in total. The van der Waals surface area contributed by atoms with Crippen molar-refractivity contribution in [3.63, 3.8) is 0 Å². The maximum atomic E-state index is 12.6. The Morgan fingerprint density at radius 2 is 2.00 bits per heavy atom. The van der Waals surface area contributed by atoms with Gasteiger partial charge in [0.05, 0.1) is 11.3 Å². The predicted octanol–water partition coefficient (Wildman–Crippen LogP) is 2.85. The van der Waals surface area contributed by atoms with Gasteiger partial charge in [0, 0.05) is 5.69 Å². The summed E-state index contributed by atoms with van der Waals surface area (Å²) in [6.07, 6.45) is -4.55. The second kappa shape index (κ2) is 5.19. The zero-order valence-electron chi connectivity index (χ0n) is 10.6. The van der Waals surface area contributed by atoms with Crippen LogP contribution in [0.4, 0.5) is 24.0 Å². The molecule has 0 atom stereocenters. The Balaban J connectivity index is 2.36. The van der Waals surface area contributed by atoms with Crippen LogP contribution in [0.3, 0.4) is 0 Å². The summed E-state index contributed by atoms with van der Waals surface area (Å²) in [5, 5.41) is 0.0666. The highest BCUT2D eigenvalue weighted by Crippen LogP contribution is 2.32. The van der Waals surface area contributed by atoms with Crippen molar-refractivity contribution in [1.82, 2.24) is 4.98 Å². The number of thiazole rings is 1. The molecule has 0 unspecified atom stereocenters. The molecule has 2 rings (SSSR count). The molecule has 1 heterocycles. The van der Waals surface area contributed by atoms with E-state index in [1.807, 2.05) is 0 Å². The Bertz CT molecular complexity index is 769. The summed E-state index contributed by atoms with van der Waals surface area (Å²) in [7, 11) is -4.03. The lowest BCUT2D eigenvalue weighted by molar-refractivity contribution is -0.137. The van der Waals surface area contributed by atoms with Gasteiger partial charge in [-0.3, -0.25) is 4.72 Å². The van der Waals surface area contributed by atoms with E-state index in [4.69, 9.17) is 5.73 Å². The summed E-state index contributed by atoms with van der Waals surface area (Å²) in [4.78, 5) is 3.77. The van der Waals surface area contributed by atoms with E-state index >= 15 is 0 Å². The predicted molar refractivity (Wildman–Crippen MR) is 73.5 cm³/mol. The molecule has 5 nitrogen and oxygen atoms in total. The van der Waals surface area contributed by atoms with Gasteiger partial charge in [-0.05, 0) is 25.1 Å². The van der Waals surface area contributed by atoms with E-state index in [-0.39, 0.29) is 20.7 Å². The quantitative estimate of drug-likeness (QED) is 0.902. The van der Waals surface area contributed by atoms with E-state index < -0.39 is 21.8 Å². The fourth-order valence-electron chi connectivity index (χ4n) is 1.61. The summed E-state index contributed by atoms with van der Waals surface area (Å²) >= 11 is 0.744. The fraction of sp³-hybridized carbons (Fsp3) is 0.182. The van der Waals surface area contributed by atoms with Gasteiger partial charge in [0.1, 0.15) is 0 Å². The molecule has 114 valence electrons. The van der Waals surface area contributed by atoms with Crippen LogP contribution < -0.4 is 10.5 Å². The molecule has 0 aliphatic heterocycles. The van der Waals surface area contributed by atoms with Gasteiger partial charge in [0.2, 0.25) is 0 Å². The highest BCUT2D eigenvalue weighted by atomic mass is 32.2. The number of hydrogen-bond acceptors (Lipinski definition) is 5. The molecular formula is C11H10F3N3O2S2. The van der Waals surface area contributed by atoms with Crippen LogP contribution in [0.5, 0.6) is 0 Å². The standard InChI is InChI=1S/C11H10F3N3O2S2/c1-6-9(20-10(15)16-6)21(18,19)17-8-4-2-3-7(5-8)11(12,13)14/h2-5,17H,1H3,(H2,15,16). The van der Waals surface area contributed by atoms with Crippen molar-refractivity contribution in [1.29, 1.82) is 0 Å². The van der Waals surface area contributed by atoms with E-state index in [1.165, 1.54) is 13.0 Å². The topological polar surface area (TPSA) is 85.1 Å². The van der Waals surface area contributed by atoms with Crippen LogP contribution in [0.25, 0.3) is 0 Å². The molecule has 0 aliphatic rings. The minimum absolute atomic E-state index is 0.0666. The van der Waals surface area contributed by atoms with Gasteiger partial charge in [-0.25, -0.2) is 13.4 Å². The molecule has 0 fully saturated rings. The molecule has 0 aliphatic carbocycles. The molecule has 21 heavy (non-hydrogen) atoms. The van der Waals surface area contributed by atoms with Crippen molar-refractivity contribution < 1.29 is 21.6 Å². The van der Waals surface area contributed by atoms with E-state index in [2.05, 4.69) is 9.71 Å². The summed E-state index contributed by atoms with van der Waals surface area (Å²) in [6, 6.07) is 3.92. The molecule has 0 spiro atoms. The molecule has 0 bridgehead atoms. The second-order valence-electron chi connectivity index (χ2n) is 4.11. The van der Waals surface area contributed by atoms with Crippen LogP contribution in [-0.4, -0.2) is 13.4 Å². The van der Waals surface area contributed by atoms with Gasteiger partial charge in [-0.1, -0.05) is 17.4 Å². The van der Waals surface area contributed by atoms with Crippen LogP contribution in [0.15, 0.2) is 28.5 Å². The summed E-state index contributed by atoms with van der Waals surface area (Å²) < 4.78 is 64.0. The molecule has 0 amide bonds. The summed E-state index contributed by atoms with van der Waals surface area (Å²) in [5.41, 5.74) is 4.48. The highest BCUT2D eigenvalue weighted by molar-refractivity contribution is 7.94. The number of benzene rings is 1. The monoisotopic (exact) mass is 337 g/mol. The minimum Gasteiger partial charge on any atom is -0.375 e. The first-order valence-electron chi connectivity index (χ1n) is 5.52. The molecule has 1 aromatic heterocycles. The Kier molecular flexibility index (Phi) is 3.85. The highest BCUT2D eigenvalue weighted by Gasteiger charge is 2.31. The first-order valence-corrected chi connectivity index (χ1v) is 7.82. The van der Waals surface area contributed by atoms with Crippen molar-refractivity contribution in [3.05, 3.63) is 35.5 Å². The number of nitrogens with zero attached hydrogens (tertiary/aromatic N) is 1. The van der Waals surface area contributed by atoms with E-state index in [0.29, 0.717) is 0 Å². The lowest BCUT2D eigenvalue weighted by atomic mass is 10.2. The van der Waals surface area contributed by atoms with E-state index in [1.54, 1.807) is 0 Å². The zero-order chi connectivity index (χ0) is 15.8. The number of hydrogen-bond donors (Lipinski definition) is 2. The number of rotatable bonds is 3. The third-order valence-corrected chi connectivity index (χ3v) is 5.43. The van der Waals surface area contributed by atoms with Crippen LogP contribution in [-0.2, 0) is 16.2 Å². The third-order valence-electron chi connectivity index (χ3n) is 2.46. The Hall–Kier alpha value is -1.81. The van der Waals surface area contributed by atoms with Crippen LogP contribution in [0.1, 0.15) is 11.3 Å². The van der Waals surface area contributed by atoms with Crippen LogP contribution >= 0.6 is 11.3 Å². The smallest absolute Gasteiger partial charge is 0.375 e. The van der Waals surface area contributed by atoms with Gasteiger partial charge in [-0.15, -0.1) is 0 Å². The Morgan fingerprint density at radius 3 is 2.52 bits per heavy atom. The van der Waals surface area contributed by atoms with Gasteiger partial charge in [0.25, 0.3) is 10.0 Å². The van der Waals surface area contributed by atoms with Crippen molar-refractivity contribution >= 4 is 32.2 Å². The van der Waals surface area contributed by atoms with Gasteiger partial charge >= 0.3 is 6.18 Å². The minimum atomic E-state index is -4.55. The number of nitrogens with two attached hydrogens (primary N) is 1. The molecule has 0 radical (unpaired) electrons. The molecule has 10 heteroatoms. The third kappa shape index (κ3) is 3.45. The van der Waals surface area contributed by atoms with Gasteiger partial charge in [-0.2, -0.15) is 13.2 Å². The average molecular weight is 337 g/mol. The number of nitrogens with one attached hydrogen (secondary N) is 1. The van der Waals surface area contributed by atoms with Crippen LogP contribution in [0.2, 0.25) is 0 Å². The second-order valence-corrected chi connectivity index (χ2v) is 7.02. The number of anilines is 2. The van der Waals surface area contributed by atoms with Crippen molar-refractivity contribution in [2.24, 2.45) is 0 Å². The van der Waals surface area contributed by atoms with E-state index in [9.17, 15) is 21.6 Å². The van der Waals surface area contributed by atoms with Crippen LogP contribution in [0, 0.1) is 6.92 Å². The number of alkyl halides is 3. The number of halogens is 3. The Labute approximate surface area is 122 Å². The number of aryl methyl sites for hydroxylation is 1. The van der Waals surface area contributed by atoms with Gasteiger partial charge < -0.3 is 5.73 Å². The molecule has 1 aromatic carbocycles. The summed E-state index contributed by atoms with van der Waals surface area (Å²) in [5.74, 6) is 0. The normalized spacial score (nSPS) is 12.4. The SMILES string of the molecule is Cc1nc(N)sc1S(=O)(=O)Nc1cccc(C(F)(F)F)c1. The molecule has 0 saturated heterocycles. The average Bonchev–Trinajstić information content (AvgIpc) is 2.68. The lowest BCUT2D eigenvalue weighted by Gasteiger charge is -2.10. The Morgan fingerprint density at radius 1 is 1.33 bits per heavy atom. The van der Waals surface area contributed by atoms with Gasteiger partial charge in [0.15, 0.2) is 9.34 Å². The summed E-state index contributed by atoms with van der Waals surface area (Å²) in [6.45, 7) is 1.45. The molecular weight excluding hydrogens is 327 g/mol. The number of sulfonamides is 1. The first kappa shape index (κ1) is 15.6. The zero-order valence-corrected chi connectivity index (χ0v) is 12.2. The first-order chi connectivity index (χ1) is 9.59. The van der Waals surface area contributed by atoms with E-state index in [0.717, 1.165) is 29.5 Å². The maximum absolute atomic E-state index is 12.6. The largest absolute Gasteiger partial charge is 0.416 e. The number of nitrogen functional groups attached to an aromatic ring is 1. The molecule has 0 saturated carbocycles. The number of aromatic nitrogens is 1. The van der Waals surface area contributed by atoms with Crippen molar-refractivity contribution in [2.75, 3.05) is 10.5 Å². The lowest BCUT2D eigenvalue weighted by Crippen LogP contribution is -2.13. The maximum Gasteiger partial charge on any atom is 0.416 e. The van der Waals surface area contributed by atoms with Crippen molar-refractivity contribution in [3.8, 4) is 0 Å².